The van der Waals surface area contributed by atoms with Gasteiger partial charge < -0.3 is 10.5 Å². The number of fused-ring (bicyclic) bond motifs is 1. The molecule has 0 saturated carbocycles. The van der Waals surface area contributed by atoms with Crippen molar-refractivity contribution in [3.05, 3.63) is 79.9 Å². The van der Waals surface area contributed by atoms with Crippen molar-refractivity contribution < 1.29 is 4.74 Å². The molecule has 0 spiro atoms. The van der Waals surface area contributed by atoms with Crippen LogP contribution >= 0.6 is 27.3 Å². The average molecular weight is 493 g/mol. The summed E-state index contributed by atoms with van der Waals surface area (Å²) < 4.78 is 10.5. The van der Waals surface area contributed by atoms with Crippen LogP contribution in [0.1, 0.15) is 22.1 Å². The van der Waals surface area contributed by atoms with E-state index in [0.29, 0.717) is 17.1 Å². The van der Waals surface area contributed by atoms with Crippen molar-refractivity contribution in [2.75, 3.05) is 0 Å². The first-order valence-electron chi connectivity index (χ1n) is 9.50. The molecule has 2 N–H and O–H groups in total. The molecule has 0 bridgehead atoms. The molecule has 154 valence electrons. The van der Waals surface area contributed by atoms with Crippen molar-refractivity contribution in [3.8, 4) is 29.0 Å². The number of rotatable bonds is 3. The van der Waals surface area contributed by atoms with Crippen LogP contribution in [0, 0.1) is 18.3 Å². The molecule has 3 aromatic heterocycles. The van der Waals surface area contributed by atoms with Crippen molar-refractivity contribution in [1.29, 1.82) is 5.26 Å². The molecule has 0 amide bonds. The number of allylic oxidation sites excluding steroid dienone is 1. The van der Waals surface area contributed by atoms with Crippen LogP contribution in [-0.4, -0.2) is 19.6 Å². The van der Waals surface area contributed by atoms with Gasteiger partial charge in [0.15, 0.2) is 0 Å². The number of aryl methyl sites for hydroxylation is 2. The van der Waals surface area contributed by atoms with Gasteiger partial charge in [-0.25, -0.2) is 0 Å². The predicted molar refractivity (Wildman–Crippen MR) is 122 cm³/mol. The number of thiophene rings is 1. The first kappa shape index (κ1) is 19.6. The second-order valence-electron chi connectivity index (χ2n) is 7.18. The Labute approximate surface area is 191 Å². The first-order chi connectivity index (χ1) is 15.0. The number of nitrogens with two attached hydrogens (primary N) is 1. The van der Waals surface area contributed by atoms with E-state index in [0.717, 1.165) is 31.3 Å². The molecule has 5 rings (SSSR count). The number of ether oxygens (including phenoxy) is 1. The lowest BCUT2D eigenvalue weighted by Gasteiger charge is -2.24. The van der Waals surface area contributed by atoms with Gasteiger partial charge in [-0.2, -0.15) is 20.1 Å². The van der Waals surface area contributed by atoms with Crippen molar-refractivity contribution in [2.45, 2.75) is 12.8 Å². The summed E-state index contributed by atoms with van der Waals surface area (Å²) in [6, 6.07) is 17.9. The molecule has 9 heteroatoms. The van der Waals surface area contributed by atoms with Crippen LogP contribution in [0.15, 0.2) is 63.8 Å². The monoisotopic (exact) mass is 492 g/mol. The predicted octanol–water partition coefficient (Wildman–Crippen LogP) is 4.62. The molecule has 1 aromatic carbocycles. The SMILES string of the molecule is Cc1cc(-c2nn(-c3ccccc3)c3c2C(c2ccc(Br)s2)C(C#N)=C(N)O3)n(C)n1. The minimum Gasteiger partial charge on any atom is -0.422 e. The highest BCUT2D eigenvalue weighted by atomic mass is 79.9. The fraction of sp³-hybridized carbons (Fsp3) is 0.136. The van der Waals surface area contributed by atoms with Crippen molar-refractivity contribution >= 4 is 27.3 Å². The minimum absolute atomic E-state index is 0.0920. The van der Waals surface area contributed by atoms with Crippen LogP contribution in [0.3, 0.4) is 0 Å². The smallest absolute Gasteiger partial charge is 0.229 e. The second-order valence-corrected chi connectivity index (χ2v) is 9.67. The van der Waals surface area contributed by atoms with Crippen LogP contribution in [0.5, 0.6) is 5.88 Å². The summed E-state index contributed by atoms with van der Waals surface area (Å²) in [7, 11) is 1.88. The number of halogens is 1. The fourth-order valence-corrected chi connectivity index (χ4v) is 5.42. The van der Waals surface area contributed by atoms with Gasteiger partial charge in [0.05, 0.1) is 32.3 Å². The Hall–Kier alpha value is -3.35. The van der Waals surface area contributed by atoms with E-state index in [2.05, 4.69) is 27.1 Å². The maximum Gasteiger partial charge on any atom is 0.229 e. The number of nitrogens with zero attached hydrogens (tertiary/aromatic N) is 5. The van der Waals surface area contributed by atoms with Crippen molar-refractivity contribution in [3.63, 3.8) is 0 Å². The Morgan fingerprint density at radius 2 is 1.97 bits per heavy atom. The number of hydrogen-bond donors (Lipinski definition) is 1. The third-order valence-electron chi connectivity index (χ3n) is 5.17. The van der Waals surface area contributed by atoms with Gasteiger partial charge >= 0.3 is 0 Å². The summed E-state index contributed by atoms with van der Waals surface area (Å²) in [4.78, 5) is 0.976. The van der Waals surface area contributed by atoms with Gasteiger partial charge in [0, 0.05) is 11.9 Å². The van der Waals surface area contributed by atoms with E-state index in [4.69, 9.17) is 15.6 Å². The summed E-state index contributed by atoms with van der Waals surface area (Å²) in [5.41, 5.74) is 10.7. The van der Waals surface area contributed by atoms with Crippen LogP contribution < -0.4 is 10.5 Å². The lowest BCUT2D eigenvalue weighted by molar-refractivity contribution is 0.367. The molecule has 1 aliphatic heterocycles. The van der Waals surface area contributed by atoms with Crippen LogP contribution in [0.2, 0.25) is 0 Å². The Bertz CT molecular complexity index is 1370. The van der Waals surface area contributed by atoms with E-state index in [1.165, 1.54) is 0 Å². The van der Waals surface area contributed by atoms with Crippen LogP contribution in [-0.2, 0) is 7.05 Å². The molecule has 0 saturated heterocycles. The number of aromatic nitrogens is 4. The lowest BCUT2D eigenvalue weighted by Crippen LogP contribution is -2.21. The van der Waals surface area contributed by atoms with E-state index >= 15 is 0 Å². The average Bonchev–Trinajstić information content (AvgIpc) is 3.44. The molecule has 0 fully saturated rings. The zero-order chi connectivity index (χ0) is 21.7. The highest BCUT2D eigenvalue weighted by Crippen LogP contribution is 2.49. The quantitative estimate of drug-likeness (QED) is 0.449. The molecule has 1 atom stereocenters. The normalized spacial score (nSPS) is 15.5. The number of hydrogen-bond acceptors (Lipinski definition) is 6. The topological polar surface area (TPSA) is 94.7 Å². The van der Waals surface area contributed by atoms with Gasteiger partial charge in [-0.15, -0.1) is 11.3 Å². The van der Waals surface area contributed by atoms with E-state index < -0.39 is 5.92 Å². The molecular weight excluding hydrogens is 476 g/mol. The zero-order valence-corrected chi connectivity index (χ0v) is 19.1. The summed E-state index contributed by atoms with van der Waals surface area (Å²) in [5, 5.41) is 19.4. The Kier molecular flexibility index (Phi) is 4.68. The van der Waals surface area contributed by atoms with E-state index in [1.54, 1.807) is 20.7 Å². The molecule has 7 nitrogen and oxygen atoms in total. The van der Waals surface area contributed by atoms with E-state index in [-0.39, 0.29) is 5.88 Å². The standard InChI is InChI=1S/C22H17BrN6OS/c1-12-10-15(28(2)26-12)20-19-18(16-8-9-17(23)31-16)14(11-24)21(25)30-22(19)29(27-20)13-6-4-3-5-7-13/h3-10,18H,25H2,1-2H3. The van der Waals surface area contributed by atoms with E-state index in [9.17, 15) is 5.26 Å². The fourth-order valence-electron chi connectivity index (χ4n) is 3.87. The summed E-state index contributed by atoms with van der Waals surface area (Å²) in [6.07, 6.45) is 0. The maximum atomic E-state index is 9.95. The largest absolute Gasteiger partial charge is 0.422 e. The lowest BCUT2D eigenvalue weighted by atomic mass is 9.88. The van der Waals surface area contributed by atoms with E-state index in [1.807, 2.05) is 62.5 Å². The van der Waals surface area contributed by atoms with Gasteiger partial charge in [-0.1, -0.05) is 18.2 Å². The van der Waals surface area contributed by atoms with Gasteiger partial charge in [0.25, 0.3) is 0 Å². The molecule has 4 aromatic rings. The first-order valence-corrected chi connectivity index (χ1v) is 11.1. The molecule has 4 heterocycles. The highest BCUT2D eigenvalue weighted by Gasteiger charge is 2.39. The number of para-hydroxylation sites is 1. The molecule has 1 unspecified atom stereocenters. The summed E-state index contributed by atoms with van der Waals surface area (Å²) in [6.45, 7) is 1.94. The number of nitriles is 1. The third-order valence-corrected chi connectivity index (χ3v) is 6.86. The van der Waals surface area contributed by atoms with Crippen LogP contribution in [0.4, 0.5) is 0 Å². The Balaban J connectivity index is 1.85. The second kappa shape index (κ2) is 7.41. The molecular formula is C22H17BrN6OS. The molecule has 0 radical (unpaired) electrons. The van der Waals surface area contributed by atoms with Gasteiger partial charge in [-0.3, -0.25) is 4.68 Å². The Morgan fingerprint density at radius 1 is 1.19 bits per heavy atom. The molecule has 31 heavy (non-hydrogen) atoms. The highest BCUT2D eigenvalue weighted by molar-refractivity contribution is 9.11. The Morgan fingerprint density at radius 3 is 2.58 bits per heavy atom. The van der Waals surface area contributed by atoms with Gasteiger partial charge in [-0.05, 0) is 53.2 Å². The van der Waals surface area contributed by atoms with Crippen molar-refractivity contribution in [1.82, 2.24) is 19.6 Å². The van der Waals surface area contributed by atoms with Crippen LogP contribution in [0.25, 0.3) is 17.1 Å². The maximum absolute atomic E-state index is 9.95. The molecule has 0 aliphatic carbocycles. The minimum atomic E-state index is -0.396. The van der Waals surface area contributed by atoms with Crippen molar-refractivity contribution in [2.24, 2.45) is 12.8 Å². The summed E-state index contributed by atoms with van der Waals surface area (Å²) >= 11 is 5.10. The summed E-state index contributed by atoms with van der Waals surface area (Å²) in [5.74, 6) is 0.202. The zero-order valence-electron chi connectivity index (χ0n) is 16.7. The van der Waals surface area contributed by atoms with Gasteiger partial charge in [0.2, 0.25) is 11.8 Å². The third kappa shape index (κ3) is 3.15. The van der Waals surface area contributed by atoms with Gasteiger partial charge in [0.1, 0.15) is 17.3 Å². The number of benzene rings is 1. The molecule has 1 aliphatic rings.